The molecule has 7 nitrogen and oxygen atoms in total. The molecule has 51 heavy (non-hydrogen) atoms. The Morgan fingerprint density at radius 2 is 0.961 bits per heavy atom. The number of nitrogens with zero attached hydrogens (tertiary/aromatic N) is 1. The van der Waals surface area contributed by atoms with E-state index >= 15 is 14.4 Å². The summed E-state index contributed by atoms with van der Waals surface area (Å²) in [5.74, 6) is -1.04. The minimum Gasteiger partial charge on any atom is -0.497 e. The molecule has 2 bridgehead atoms. The summed E-state index contributed by atoms with van der Waals surface area (Å²) in [5, 5.41) is 0. The van der Waals surface area contributed by atoms with Gasteiger partial charge in [0.1, 0.15) is 17.2 Å². The molecule has 0 N–H and O–H groups in total. The van der Waals surface area contributed by atoms with Gasteiger partial charge in [0, 0.05) is 0 Å². The number of carbonyl (C=O) groups is 3. The third-order valence-corrected chi connectivity index (χ3v) is 10.8. The Morgan fingerprint density at radius 3 is 1.35 bits per heavy atom. The fourth-order valence-corrected chi connectivity index (χ4v) is 8.81. The van der Waals surface area contributed by atoms with E-state index in [1.54, 1.807) is 38.5 Å². The van der Waals surface area contributed by atoms with Gasteiger partial charge in [-0.05, 0) is 88.4 Å². The van der Waals surface area contributed by atoms with E-state index in [0.29, 0.717) is 51.8 Å². The molecule has 1 aliphatic heterocycles. The van der Waals surface area contributed by atoms with Crippen LogP contribution in [-0.2, 0) is 25.2 Å². The van der Waals surface area contributed by atoms with Gasteiger partial charge in [0.25, 0.3) is 0 Å². The van der Waals surface area contributed by atoms with Gasteiger partial charge in [-0.15, -0.1) is 0 Å². The Hall–Kier alpha value is -5.95. The van der Waals surface area contributed by atoms with Crippen LogP contribution in [0.2, 0.25) is 0 Å². The maximum Gasteiger partial charge on any atom is 0.239 e. The number of ketones is 1. The monoisotopic (exact) mass is 675 g/mol. The highest BCUT2D eigenvalue weighted by molar-refractivity contribution is 6.39. The molecule has 2 aliphatic carbocycles. The molecule has 0 unspecified atom stereocenters. The van der Waals surface area contributed by atoms with Crippen LogP contribution in [0.15, 0.2) is 133 Å². The predicted octanol–water partition coefficient (Wildman–Crippen LogP) is 7.68. The van der Waals surface area contributed by atoms with Crippen molar-refractivity contribution >= 4 is 34.4 Å². The predicted molar refractivity (Wildman–Crippen MR) is 196 cm³/mol. The van der Waals surface area contributed by atoms with Crippen LogP contribution >= 0.6 is 0 Å². The van der Waals surface area contributed by atoms with Crippen LogP contribution < -0.4 is 19.1 Å². The second kappa shape index (κ2) is 12.4. The summed E-state index contributed by atoms with van der Waals surface area (Å²) in [4.78, 5) is 47.8. The van der Waals surface area contributed by atoms with E-state index < -0.39 is 34.5 Å². The van der Waals surface area contributed by atoms with E-state index in [4.69, 9.17) is 14.2 Å². The average molecular weight is 676 g/mol. The molecule has 254 valence electrons. The van der Waals surface area contributed by atoms with Gasteiger partial charge in [-0.3, -0.25) is 14.4 Å². The fraction of sp³-hybridized carbons (Fsp3) is 0.205. The quantitative estimate of drug-likeness (QED) is 0.141. The van der Waals surface area contributed by atoms with Crippen LogP contribution in [0, 0.1) is 11.8 Å². The van der Waals surface area contributed by atoms with Gasteiger partial charge in [0.05, 0.1) is 49.2 Å². The molecule has 1 saturated heterocycles. The van der Waals surface area contributed by atoms with E-state index in [0.717, 1.165) is 17.5 Å². The van der Waals surface area contributed by atoms with Crippen LogP contribution in [0.1, 0.15) is 35.6 Å². The lowest BCUT2D eigenvalue weighted by Crippen LogP contribution is -2.45. The molecule has 0 radical (unpaired) electrons. The molecule has 2 fully saturated rings. The molecule has 4 atom stereocenters. The number of rotatable bonds is 10. The number of ether oxygens (including phenoxy) is 3. The minimum atomic E-state index is -1.50. The summed E-state index contributed by atoms with van der Waals surface area (Å²) in [6, 6.07) is 41.3. The van der Waals surface area contributed by atoms with E-state index in [-0.39, 0.29) is 5.78 Å². The first-order valence-electron chi connectivity index (χ1n) is 17.2. The highest BCUT2D eigenvalue weighted by Gasteiger charge is 2.82. The first kappa shape index (κ1) is 32.3. The molecule has 1 saturated carbocycles. The first-order valence-corrected chi connectivity index (χ1v) is 17.2. The second-order valence-electron chi connectivity index (χ2n) is 13.2. The molecule has 1 heterocycles. The number of imide groups is 1. The lowest BCUT2D eigenvalue weighted by Gasteiger charge is -2.39. The first-order chi connectivity index (χ1) is 24.9. The molecule has 5 aromatic carbocycles. The van der Waals surface area contributed by atoms with Crippen molar-refractivity contribution in [2.24, 2.45) is 11.8 Å². The fourth-order valence-electron chi connectivity index (χ4n) is 8.81. The Balaban J connectivity index is 1.47. The Morgan fingerprint density at radius 1 is 0.549 bits per heavy atom. The van der Waals surface area contributed by atoms with E-state index in [1.807, 2.05) is 116 Å². The molecular formula is C44H37NO6. The van der Waals surface area contributed by atoms with Crippen LogP contribution in [0.3, 0.4) is 0 Å². The van der Waals surface area contributed by atoms with Crippen molar-refractivity contribution in [1.29, 1.82) is 0 Å². The molecule has 0 aromatic heterocycles. The maximum absolute atomic E-state index is 16.1. The summed E-state index contributed by atoms with van der Waals surface area (Å²) < 4.78 is 16.9. The maximum atomic E-state index is 16.1. The van der Waals surface area contributed by atoms with Crippen molar-refractivity contribution in [3.8, 4) is 17.2 Å². The number of carbonyl (C=O) groups excluding carboxylic acids is 3. The third-order valence-electron chi connectivity index (χ3n) is 10.8. The third kappa shape index (κ3) is 4.47. The van der Waals surface area contributed by atoms with Gasteiger partial charge in [-0.1, -0.05) is 91.9 Å². The number of methoxy groups -OCH3 is 2. The van der Waals surface area contributed by atoms with Crippen LogP contribution in [0.25, 0.3) is 11.1 Å². The summed E-state index contributed by atoms with van der Waals surface area (Å²) in [5.41, 5.74) is 1.74. The minimum absolute atomic E-state index is 0.177. The number of hydrogen-bond donors (Lipinski definition) is 0. The highest BCUT2D eigenvalue weighted by Crippen LogP contribution is 2.74. The van der Waals surface area contributed by atoms with Crippen molar-refractivity contribution in [3.63, 3.8) is 0 Å². The standard InChI is InChI=1S/C44H37NO6/c1-4-27-51-35-25-19-32(20-26-35)45-40(46)38-39(41(45)47)44(31-13-9-6-10-14-31)37(29-17-23-34(50-3)24-18-29)36(28-15-21-33(49-2)22-16-28)43(38,42(44)48)30-11-7-5-8-12-30/h5-26,38-39H,4,27H2,1-3H3/t38-,39-,43-,44-/m0/s1. The van der Waals surface area contributed by atoms with Crippen LogP contribution in [0.4, 0.5) is 5.69 Å². The number of fused-ring (bicyclic) bond motifs is 5. The van der Waals surface area contributed by atoms with Gasteiger partial charge in [-0.2, -0.15) is 0 Å². The van der Waals surface area contributed by atoms with Crippen molar-refractivity contribution in [2.75, 3.05) is 25.7 Å². The second-order valence-corrected chi connectivity index (χ2v) is 13.2. The zero-order valence-corrected chi connectivity index (χ0v) is 28.7. The topological polar surface area (TPSA) is 82.1 Å². The van der Waals surface area contributed by atoms with Crippen molar-refractivity contribution in [2.45, 2.75) is 24.2 Å². The summed E-state index contributed by atoms with van der Waals surface area (Å²) in [6.07, 6.45) is 0.853. The van der Waals surface area contributed by atoms with Gasteiger partial charge < -0.3 is 14.2 Å². The molecule has 0 spiro atoms. The van der Waals surface area contributed by atoms with Crippen LogP contribution in [-0.4, -0.2) is 38.4 Å². The highest BCUT2D eigenvalue weighted by atomic mass is 16.5. The molecular weight excluding hydrogens is 638 g/mol. The lowest BCUT2D eigenvalue weighted by molar-refractivity contribution is -0.130. The van der Waals surface area contributed by atoms with Gasteiger partial charge in [0.2, 0.25) is 11.8 Å². The van der Waals surface area contributed by atoms with E-state index in [9.17, 15) is 0 Å². The van der Waals surface area contributed by atoms with Crippen LogP contribution in [0.5, 0.6) is 17.2 Å². The number of allylic oxidation sites excluding steroid dienone is 2. The van der Waals surface area contributed by atoms with E-state index in [1.165, 1.54) is 4.90 Å². The normalized spacial score (nSPS) is 23.5. The lowest BCUT2D eigenvalue weighted by atomic mass is 9.59. The van der Waals surface area contributed by atoms with Gasteiger partial charge in [-0.25, -0.2) is 4.90 Å². The summed E-state index contributed by atoms with van der Waals surface area (Å²) >= 11 is 0. The SMILES string of the molecule is CCCOc1ccc(N2C(=O)[C@@H]3[C@@H](C2=O)[C@@]2(c4ccccc4)C(=O)[C@@]3(c3ccccc3)C(c3ccc(OC)cc3)=C2c2ccc(OC)cc2)cc1. The average Bonchev–Trinajstić information content (AvgIpc) is 3.70. The molecule has 8 rings (SSSR count). The number of anilines is 1. The van der Waals surface area contributed by atoms with Crippen molar-refractivity contribution < 1.29 is 28.6 Å². The van der Waals surface area contributed by atoms with Gasteiger partial charge >= 0.3 is 0 Å². The van der Waals surface area contributed by atoms with Crippen molar-refractivity contribution in [1.82, 2.24) is 0 Å². The number of amides is 2. The summed E-state index contributed by atoms with van der Waals surface area (Å²) in [6.45, 7) is 2.59. The molecule has 3 aliphatic rings. The van der Waals surface area contributed by atoms with Crippen molar-refractivity contribution in [3.05, 3.63) is 156 Å². The number of benzene rings is 5. The Kier molecular flexibility index (Phi) is 7.86. The van der Waals surface area contributed by atoms with Gasteiger partial charge in [0.15, 0.2) is 5.78 Å². The smallest absolute Gasteiger partial charge is 0.239 e. The Labute approximate surface area is 297 Å². The molecule has 7 heteroatoms. The summed E-state index contributed by atoms with van der Waals surface area (Å²) in [7, 11) is 3.22. The zero-order chi connectivity index (χ0) is 35.3. The van der Waals surface area contributed by atoms with E-state index in [2.05, 4.69) is 0 Å². The molecule has 2 amide bonds. The Bertz CT molecular complexity index is 2030. The number of hydrogen-bond acceptors (Lipinski definition) is 6. The largest absolute Gasteiger partial charge is 0.497 e. The zero-order valence-electron chi connectivity index (χ0n) is 28.7. The molecule has 5 aromatic rings. The number of Topliss-reactive ketones (excluding diaryl/α,β-unsaturated/α-hetero) is 1.